The van der Waals surface area contributed by atoms with E-state index < -0.39 is 12.0 Å². The summed E-state index contributed by atoms with van der Waals surface area (Å²) >= 11 is 0. The van der Waals surface area contributed by atoms with Gasteiger partial charge in [-0.3, -0.25) is 0 Å². The van der Waals surface area contributed by atoms with Crippen LogP contribution in [0.25, 0.3) is 0 Å². The van der Waals surface area contributed by atoms with Gasteiger partial charge in [-0.1, -0.05) is 18.2 Å². The third-order valence-corrected chi connectivity index (χ3v) is 1.66. The van der Waals surface area contributed by atoms with Gasteiger partial charge in [0.05, 0.1) is 11.7 Å². The lowest BCUT2D eigenvalue weighted by Gasteiger charge is -2.04. The molecule has 0 saturated carbocycles. The van der Waals surface area contributed by atoms with Gasteiger partial charge < -0.3 is 10.8 Å². The summed E-state index contributed by atoms with van der Waals surface area (Å²) in [5, 5.41) is 8.79. The summed E-state index contributed by atoms with van der Waals surface area (Å²) in [4.78, 5) is 14.7. The van der Waals surface area contributed by atoms with Crippen molar-refractivity contribution >= 4 is 17.4 Å². The van der Waals surface area contributed by atoms with Gasteiger partial charge in [0.25, 0.3) is 0 Å². The second kappa shape index (κ2) is 4.53. The number of para-hydroxylation sites is 1. The van der Waals surface area contributed by atoms with E-state index in [2.05, 4.69) is 4.99 Å². The van der Waals surface area contributed by atoms with E-state index in [1.54, 1.807) is 31.2 Å². The predicted octanol–water partition coefficient (Wildman–Crippen LogP) is 1.19. The molecule has 0 bridgehead atoms. The first-order chi connectivity index (χ1) is 6.61. The second-order valence-corrected chi connectivity index (χ2v) is 2.93. The van der Waals surface area contributed by atoms with E-state index in [0.29, 0.717) is 5.69 Å². The first-order valence-electron chi connectivity index (χ1n) is 4.23. The molecule has 0 fully saturated rings. The first-order valence-corrected chi connectivity index (χ1v) is 4.23. The molecule has 0 radical (unpaired) electrons. The molecule has 1 aromatic carbocycles. The molecular formula is C10H12N2O2. The van der Waals surface area contributed by atoms with Crippen LogP contribution >= 0.6 is 0 Å². The van der Waals surface area contributed by atoms with Gasteiger partial charge in [-0.05, 0) is 19.1 Å². The Kier molecular flexibility index (Phi) is 3.36. The third kappa shape index (κ3) is 2.67. The van der Waals surface area contributed by atoms with Crippen molar-refractivity contribution in [1.82, 2.24) is 0 Å². The second-order valence-electron chi connectivity index (χ2n) is 2.93. The van der Waals surface area contributed by atoms with Crippen LogP contribution in [0.1, 0.15) is 6.92 Å². The molecule has 0 aliphatic carbocycles. The lowest BCUT2D eigenvalue weighted by atomic mass is 10.2. The highest BCUT2D eigenvalue weighted by atomic mass is 16.4. The molecule has 3 N–H and O–H groups in total. The number of aliphatic carboxylic acids is 1. The monoisotopic (exact) mass is 192 g/mol. The quantitative estimate of drug-likeness (QED) is 0.706. The maximum absolute atomic E-state index is 10.7. The van der Waals surface area contributed by atoms with Gasteiger partial charge in [0.2, 0.25) is 0 Å². The fraction of sp³-hybridized carbons (Fsp3) is 0.200. The summed E-state index contributed by atoms with van der Waals surface area (Å²) in [5.74, 6) is -1.08. The zero-order valence-electron chi connectivity index (χ0n) is 7.84. The Bertz CT molecular complexity index is 344. The summed E-state index contributed by atoms with van der Waals surface area (Å²) in [6.45, 7) is 1.59. The molecule has 0 aromatic heterocycles. The Morgan fingerprint density at radius 2 is 2.00 bits per heavy atom. The van der Waals surface area contributed by atoms with Crippen molar-refractivity contribution in [2.45, 2.75) is 13.0 Å². The normalized spacial score (nSPS) is 13.7. The molecule has 0 aliphatic rings. The minimum absolute atomic E-state index is 0.0313. The van der Waals surface area contributed by atoms with Crippen LogP contribution in [0.4, 0.5) is 5.69 Å². The van der Waals surface area contributed by atoms with E-state index in [4.69, 9.17) is 10.8 Å². The van der Waals surface area contributed by atoms with E-state index in [1.165, 1.54) is 0 Å². The third-order valence-electron chi connectivity index (χ3n) is 1.66. The van der Waals surface area contributed by atoms with Crippen molar-refractivity contribution in [3.05, 3.63) is 30.3 Å². The summed E-state index contributed by atoms with van der Waals surface area (Å²) in [6, 6.07) is 8.30. The number of nitrogens with two attached hydrogens (primary N) is 1. The molecule has 4 nitrogen and oxygen atoms in total. The van der Waals surface area contributed by atoms with Gasteiger partial charge in [0.1, 0.15) is 5.71 Å². The molecule has 0 saturated heterocycles. The molecule has 74 valence electrons. The molecule has 1 aromatic rings. The first kappa shape index (κ1) is 10.4. The minimum atomic E-state index is -1.08. The van der Waals surface area contributed by atoms with Gasteiger partial charge >= 0.3 is 5.97 Å². The predicted molar refractivity (Wildman–Crippen MR) is 54.8 cm³/mol. The van der Waals surface area contributed by atoms with E-state index >= 15 is 0 Å². The lowest BCUT2D eigenvalue weighted by Crippen LogP contribution is -2.33. The molecular weight excluding hydrogens is 180 g/mol. The molecule has 14 heavy (non-hydrogen) atoms. The maximum Gasteiger partial charge on any atom is 0.351 e. The largest absolute Gasteiger partial charge is 0.477 e. The highest BCUT2D eigenvalue weighted by molar-refractivity contribution is 6.38. The summed E-state index contributed by atoms with van der Waals surface area (Å²) in [5.41, 5.74) is 6.04. The van der Waals surface area contributed by atoms with Crippen molar-refractivity contribution in [2.24, 2.45) is 10.7 Å². The van der Waals surface area contributed by atoms with Gasteiger partial charge in [0, 0.05) is 0 Å². The summed E-state index contributed by atoms with van der Waals surface area (Å²) < 4.78 is 0. The Hall–Kier alpha value is -1.68. The Balaban J connectivity index is 3.00. The van der Waals surface area contributed by atoms with Crippen LogP contribution in [0, 0.1) is 0 Å². The average Bonchev–Trinajstić information content (AvgIpc) is 2.15. The van der Waals surface area contributed by atoms with Gasteiger partial charge in [-0.2, -0.15) is 0 Å². The van der Waals surface area contributed by atoms with Crippen molar-refractivity contribution in [3.63, 3.8) is 0 Å². The fourth-order valence-corrected chi connectivity index (χ4v) is 0.986. The Labute approximate surface area is 82.1 Å². The van der Waals surface area contributed by atoms with Gasteiger partial charge in [-0.25, -0.2) is 9.79 Å². The number of hydrogen-bond donors (Lipinski definition) is 2. The Morgan fingerprint density at radius 1 is 1.43 bits per heavy atom. The number of nitrogens with zero attached hydrogens (tertiary/aromatic N) is 1. The van der Waals surface area contributed by atoms with E-state index in [1.807, 2.05) is 6.07 Å². The fourth-order valence-electron chi connectivity index (χ4n) is 0.986. The lowest BCUT2D eigenvalue weighted by molar-refractivity contribution is -0.129. The van der Waals surface area contributed by atoms with Crippen molar-refractivity contribution in [3.8, 4) is 0 Å². The zero-order valence-corrected chi connectivity index (χ0v) is 7.84. The molecule has 1 atom stereocenters. The number of carboxylic acids is 1. The summed E-state index contributed by atoms with van der Waals surface area (Å²) in [6.07, 6.45) is 0. The molecule has 0 aliphatic heterocycles. The van der Waals surface area contributed by atoms with Crippen LogP contribution in [0.3, 0.4) is 0 Å². The van der Waals surface area contributed by atoms with E-state index in [-0.39, 0.29) is 5.71 Å². The number of benzene rings is 1. The number of aliphatic imine (C=N–C) groups is 1. The van der Waals surface area contributed by atoms with Crippen LogP contribution in [-0.2, 0) is 4.79 Å². The van der Waals surface area contributed by atoms with Crippen molar-refractivity contribution < 1.29 is 9.90 Å². The molecule has 0 amide bonds. The zero-order chi connectivity index (χ0) is 10.6. The standard InChI is InChI=1S/C10H12N2O2/c1-7(11)9(10(13)14)12-8-5-3-2-4-6-8/h2-7H,11H2,1H3,(H,13,14). The van der Waals surface area contributed by atoms with Crippen LogP contribution in [-0.4, -0.2) is 22.8 Å². The maximum atomic E-state index is 10.7. The molecule has 0 heterocycles. The average molecular weight is 192 g/mol. The van der Waals surface area contributed by atoms with E-state index in [0.717, 1.165) is 0 Å². The summed E-state index contributed by atoms with van der Waals surface area (Å²) in [7, 11) is 0. The van der Waals surface area contributed by atoms with Crippen molar-refractivity contribution in [1.29, 1.82) is 0 Å². The molecule has 1 unspecified atom stereocenters. The minimum Gasteiger partial charge on any atom is -0.477 e. The van der Waals surface area contributed by atoms with Crippen LogP contribution in [0.15, 0.2) is 35.3 Å². The van der Waals surface area contributed by atoms with Crippen molar-refractivity contribution in [2.75, 3.05) is 0 Å². The number of carboxylic acid groups (broad SMARTS) is 1. The van der Waals surface area contributed by atoms with Gasteiger partial charge in [0.15, 0.2) is 0 Å². The van der Waals surface area contributed by atoms with Crippen LogP contribution < -0.4 is 5.73 Å². The number of rotatable bonds is 3. The Morgan fingerprint density at radius 3 is 2.43 bits per heavy atom. The number of hydrogen-bond acceptors (Lipinski definition) is 3. The topological polar surface area (TPSA) is 75.7 Å². The number of carbonyl (C=O) groups is 1. The van der Waals surface area contributed by atoms with Crippen LogP contribution in [0.2, 0.25) is 0 Å². The van der Waals surface area contributed by atoms with Gasteiger partial charge in [-0.15, -0.1) is 0 Å². The SMILES string of the molecule is CC(N)C(=Nc1ccccc1)C(=O)O. The molecule has 1 rings (SSSR count). The smallest absolute Gasteiger partial charge is 0.351 e. The highest BCUT2D eigenvalue weighted by Crippen LogP contribution is 2.10. The van der Waals surface area contributed by atoms with Crippen LogP contribution in [0.5, 0.6) is 0 Å². The molecule has 4 heteroatoms. The molecule has 0 spiro atoms. The van der Waals surface area contributed by atoms with E-state index in [9.17, 15) is 4.79 Å². The highest BCUT2D eigenvalue weighted by Gasteiger charge is 2.13.